The summed E-state index contributed by atoms with van der Waals surface area (Å²) in [5.41, 5.74) is 3.49. The third-order valence-corrected chi connectivity index (χ3v) is 4.25. The molecule has 1 N–H and O–H groups in total. The Bertz CT molecular complexity index is 628. The van der Waals surface area contributed by atoms with Gasteiger partial charge in [0.2, 0.25) is 0 Å². The number of benzene rings is 2. The molecule has 1 heterocycles. The van der Waals surface area contributed by atoms with Gasteiger partial charge in [0.05, 0.1) is 22.3 Å². The predicted molar refractivity (Wildman–Crippen MR) is 84.3 cm³/mol. The minimum Gasteiger partial charge on any atom is -0.493 e. The lowest BCUT2D eigenvalue weighted by Gasteiger charge is -2.10. The van der Waals surface area contributed by atoms with Crippen LogP contribution in [0.3, 0.4) is 0 Å². The van der Waals surface area contributed by atoms with Gasteiger partial charge in [0.1, 0.15) is 5.75 Å². The average Bonchev–Trinajstić information content (AvgIpc) is 2.91. The van der Waals surface area contributed by atoms with Gasteiger partial charge < -0.3 is 10.1 Å². The zero-order valence-electron chi connectivity index (χ0n) is 11.0. The smallest absolute Gasteiger partial charge is 0.122 e. The third-order valence-electron chi connectivity index (χ3n) is 3.43. The molecule has 0 atom stereocenters. The fourth-order valence-electron chi connectivity index (χ4n) is 2.38. The molecule has 0 bridgehead atoms. The number of anilines is 1. The fourth-order valence-corrected chi connectivity index (χ4v) is 2.74. The van der Waals surface area contributed by atoms with Crippen LogP contribution >= 0.6 is 23.2 Å². The summed E-state index contributed by atoms with van der Waals surface area (Å²) in [6.07, 6.45) is 1.95. The molecular formula is C16H15Cl2NO. The molecule has 0 aromatic heterocycles. The van der Waals surface area contributed by atoms with Gasteiger partial charge in [-0.1, -0.05) is 41.4 Å². The predicted octanol–water partition coefficient (Wildman–Crippen LogP) is 4.58. The molecular weight excluding hydrogens is 293 g/mol. The molecule has 0 saturated heterocycles. The molecule has 0 radical (unpaired) electrons. The Balaban J connectivity index is 1.61. The highest BCUT2D eigenvalue weighted by atomic mass is 35.5. The van der Waals surface area contributed by atoms with Gasteiger partial charge >= 0.3 is 0 Å². The number of ether oxygens (including phenoxy) is 1. The molecule has 0 unspecified atom stereocenters. The molecule has 0 amide bonds. The quantitative estimate of drug-likeness (QED) is 0.892. The van der Waals surface area contributed by atoms with Crippen LogP contribution < -0.4 is 10.1 Å². The van der Waals surface area contributed by atoms with E-state index >= 15 is 0 Å². The van der Waals surface area contributed by atoms with Crippen molar-refractivity contribution in [1.82, 2.24) is 0 Å². The fraction of sp³-hybridized carbons (Fsp3) is 0.250. The van der Waals surface area contributed by atoms with Crippen LogP contribution in [-0.4, -0.2) is 13.2 Å². The molecule has 104 valence electrons. The maximum absolute atomic E-state index is 6.14. The van der Waals surface area contributed by atoms with Crippen molar-refractivity contribution >= 4 is 28.9 Å². The molecule has 2 aromatic rings. The minimum absolute atomic E-state index is 0.575. The van der Waals surface area contributed by atoms with Crippen LogP contribution in [-0.2, 0) is 12.8 Å². The van der Waals surface area contributed by atoms with E-state index in [1.165, 1.54) is 11.1 Å². The highest BCUT2D eigenvalue weighted by Crippen LogP contribution is 2.29. The van der Waals surface area contributed by atoms with E-state index in [-0.39, 0.29) is 0 Å². The van der Waals surface area contributed by atoms with Gasteiger partial charge in [0, 0.05) is 13.0 Å². The zero-order chi connectivity index (χ0) is 13.9. The topological polar surface area (TPSA) is 21.3 Å². The van der Waals surface area contributed by atoms with Crippen molar-refractivity contribution in [2.75, 3.05) is 18.5 Å². The Kier molecular flexibility index (Phi) is 4.04. The molecule has 3 rings (SSSR count). The zero-order valence-corrected chi connectivity index (χ0v) is 12.5. The summed E-state index contributed by atoms with van der Waals surface area (Å²) in [7, 11) is 0. The third kappa shape index (κ3) is 2.87. The lowest BCUT2D eigenvalue weighted by molar-refractivity contribution is 0.357. The number of fused-ring (bicyclic) bond motifs is 1. The van der Waals surface area contributed by atoms with E-state index in [4.69, 9.17) is 27.9 Å². The van der Waals surface area contributed by atoms with E-state index in [2.05, 4.69) is 23.5 Å². The second-order valence-corrected chi connectivity index (χ2v) is 5.60. The number of hydrogen-bond acceptors (Lipinski definition) is 2. The molecule has 0 aliphatic carbocycles. The second-order valence-electron chi connectivity index (χ2n) is 4.82. The van der Waals surface area contributed by atoms with E-state index in [0.717, 1.165) is 37.4 Å². The number of nitrogens with one attached hydrogen (secondary N) is 1. The maximum atomic E-state index is 6.14. The highest BCUT2D eigenvalue weighted by molar-refractivity contribution is 6.43. The maximum Gasteiger partial charge on any atom is 0.122 e. The van der Waals surface area contributed by atoms with Crippen molar-refractivity contribution in [3.63, 3.8) is 0 Å². The van der Waals surface area contributed by atoms with Crippen molar-refractivity contribution in [3.8, 4) is 5.75 Å². The van der Waals surface area contributed by atoms with E-state index < -0.39 is 0 Å². The minimum atomic E-state index is 0.575. The molecule has 0 saturated carbocycles. The van der Waals surface area contributed by atoms with Crippen LogP contribution in [0.2, 0.25) is 10.0 Å². The molecule has 2 aromatic carbocycles. The first-order valence-corrected chi connectivity index (χ1v) is 7.42. The number of halogens is 2. The van der Waals surface area contributed by atoms with Crippen LogP contribution in [0.4, 0.5) is 5.69 Å². The van der Waals surface area contributed by atoms with Crippen molar-refractivity contribution in [2.45, 2.75) is 12.8 Å². The highest BCUT2D eigenvalue weighted by Gasteiger charge is 2.11. The van der Waals surface area contributed by atoms with Gasteiger partial charge in [-0.15, -0.1) is 0 Å². The summed E-state index contributed by atoms with van der Waals surface area (Å²) in [6, 6.07) is 12.0. The Morgan fingerprint density at radius 1 is 1.15 bits per heavy atom. The lowest BCUT2D eigenvalue weighted by Crippen LogP contribution is -2.05. The van der Waals surface area contributed by atoms with E-state index in [1.54, 1.807) is 6.07 Å². The Morgan fingerprint density at radius 3 is 2.95 bits per heavy atom. The van der Waals surface area contributed by atoms with Crippen molar-refractivity contribution < 1.29 is 4.74 Å². The van der Waals surface area contributed by atoms with Gasteiger partial charge in [-0.3, -0.25) is 0 Å². The molecule has 0 fully saturated rings. The molecule has 4 heteroatoms. The standard InChI is InChI=1S/C16H15Cl2NO/c17-13-2-1-3-14(16(13)18)19-8-6-11-4-5-15-12(10-11)7-9-20-15/h1-5,10,19H,6-9H2. The molecule has 1 aliphatic rings. The summed E-state index contributed by atoms with van der Waals surface area (Å²) < 4.78 is 5.51. The summed E-state index contributed by atoms with van der Waals surface area (Å²) >= 11 is 12.1. The van der Waals surface area contributed by atoms with Crippen LogP contribution in [0.5, 0.6) is 5.75 Å². The first kappa shape index (κ1) is 13.6. The van der Waals surface area contributed by atoms with E-state index in [1.807, 2.05) is 12.1 Å². The van der Waals surface area contributed by atoms with Crippen LogP contribution in [0.25, 0.3) is 0 Å². The van der Waals surface area contributed by atoms with Gasteiger partial charge in [-0.05, 0) is 35.7 Å². The van der Waals surface area contributed by atoms with E-state index in [9.17, 15) is 0 Å². The largest absolute Gasteiger partial charge is 0.493 e. The lowest BCUT2D eigenvalue weighted by atomic mass is 10.1. The first-order chi connectivity index (χ1) is 9.74. The van der Waals surface area contributed by atoms with Crippen LogP contribution in [0.1, 0.15) is 11.1 Å². The van der Waals surface area contributed by atoms with Crippen molar-refractivity contribution in [1.29, 1.82) is 0 Å². The Labute approximate surface area is 128 Å². The summed E-state index contributed by atoms with van der Waals surface area (Å²) in [4.78, 5) is 0. The van der Waals surface area contributed by atoms with Crippen LogP contribution in [0.15, 0.2) is 36.4 Å². The average molecular weight is 308 g/mol. The SMILES string of the molecule is Clc1cccc(NCCc2ccc3c(c2)CCO3)c1Cl. The summed E-state index contributed by atoms with van der Waals surface area (Å²) in [5.74, 6) is 1.03. The van der Waals surface area contributed by atoms with Gasteiger partial charge in [-0.2, -0.15) is 0 Å². The summed E-state index contributed by atoms with van der Waals surface area (Å²) in [6.45, 7) is 1.62. The van der Waals surface area contributed by atoms with E-state index in [0.29, 0.717) is 10.0 Å². The second kappa shape index (κ2) is 5.94. The molecule has 20 heavy (non-hydrogen) atoms. The molecule has 2 nitrogen and oxygen atoms in total. The Hall–Kier alpha value is -1.38. The first-order valence-electron chi connectivity index (χ1n) is 6.66. The monoisotopic (exact) mass is 307 g/mol. The van der Waals surface area contributed by atoms with Crippen molar-refractivity contribution in [2.24, 2.45) is 0 Å². The van der Waals surface area contributed by atoms with Gasteiger partial charge in [-0.25, -0.2) is 0 Å². The summed E-state index contributed by atoms with van der Waals surface area (Å²) in [5, 5.41) is 4.48. The number of hydrogen-bond donors (Lipinski definition) is 1. The number of rotatable bonds is 4. The molecule has 1 aliphatic heterocycles. The van der Waals surface area contributed by atoms with Crippen molar-refractivity contribution in [3.05, 3.63) is 57.6 Å². The molecule has 0 spiro atoms. The normalized spacial score (nSPS) is 12.9. The Morgan fingerprint density at radius 2 is 2.05 bits per heavy atom. The van der Waals surface area contributed by atoms with Gasteiger partial charge in [0.15, 0.2) is 0 Å². The van der Waals surface area contributed by atoms with Crippen LogP contribution in [0, 0.1) is 0 Å². The van der Waals surface area contributed by atoms with Gasteiger partial charge in [0.25, 0.3) is 0 Å².